The van der Waals surface area contributed by atoms with E-state index in [9.17, 15) is 19.1 Å². The van der Waals surface area contributed by atoms with Crippen LogP contribution < -0.4 is 10.1 Å². The van der Waals surface area contributed by atoms with Crippen molar-refractivity contribution in [1.29, 1.82) is 0 Å². The Kier molecular flexibility index (Phi) is 6.14. The number of ether oxygens (including phenoxy) is 1. The van der Waals surface area contributed by atoms with Crippen LogP contribution in [0.15, 0.2) is 24.3 Å². The van der Waals surface area contributed by atoms with Gasteiger partial charge in [0.2, 0.25) is 0 Å². The van der Waals surface area contributed by atoms with E-state index in [0.717, 1.165) is 0 Å². The largest absolute Gasteiger partial charge is 0.484 e. The molecule has 0 aliphatic carbocycles. The molecule has 6 heteroatoms. The van der Waals surface area contributed by atoms with Gasteiger partial charge >= 0.3 is 5.97 Å². The van der Waals surface area contributed by atoms with Crippen LogP contribution in [-0.4, -0.2) is 30.1 Å². The molecular formula is C15H20FNO4. The minimum atomic E-state index is -0.953. The maximum atomic E-state index is 12.7. The average molecular weight is 297 g/mol. The zero-order valence-electron chi connectivity index (χ0n) is 12.2. The summed E-state index contributed by atoms with van der Waals surface area (Å²) in [5.74, 6) is -1.34. The van der Waals surface area contributed by atoms with Crippen LogP contribution in [0.5, 0.6) is 5.75 Å². The molecular weight excluding hydrogens is 277 g/mol. The highest BCUT2D eigenvalue weighted by molar-refractivity contribution is 5.80. The number of nitrogens with one attached hydrogen (secondary N) is 1. The molecule has 0 aromatic heterocycles. The molecule has 0 saturated carbocycles. The summed E-state index contributed by atoms with van der Waals surface area (Å²) in [7, 11) is 0. The highest BCUT2D eigenvalue weighted by atomic mass is 19.1. The molecule has 0 unspecified atom stereocenters. The Morgan fingerprint density at radius 1 is 1.24 bits per heavy atom. The molecule has 1 rings (SSSR count). The Bertz CT molecular complexity index is 483. The van der Waals surface area contributed by atoms with Gasteiger partial charge in [-0.2, -0.15) is 0 Å². The number of carboxylic acid groups (broad SMARTS) is 1. The van der Waals surface area contributed by atoms with Gasteiger partial charge in [0.25, 0.3) is 5.91 Å². The van der Waals surface area contributed by atoms with Gasteiger partial charge in [-0.1, -0.05) is 13.8 Å². The first-order valence-corrected chi connectivity index (χ1v) is 6.82. The second kappa shape index (κ2) is 7.61. The third-order valence-corrected chi connectivity index (χ3v) is 3.61. The van der Waals surface area contributed by atoms with E-state index in [-0.39, 0.29) is 19.0 Å². The number of carbonyl (C=O) groups is 2. The van der Waals surface area contributed by atoms with Gasteiger partial charge in [-0.15, -0.1) is 0 Å². The lowest BCUT2D eigenvalue weighted by molar-refractivity contribution is -0.149. The molecule has 116 valence electrons. The van der Waals surface area contributed by atoms with Crippen LogP contribution in [0.4, 0.5) is 4.39 Å². The van der Waals surface area contributed by atoms with Gasteiger partial charge in [-0.05, 0) is 37.1 Å². The van der Waals surface area contributed by atoms with Gasteiger partial charge in [-0.25, -0.2) is 4.39 Å². The van der Waals surface area contributed by atoms with Crippen molar-refractivity contribution in [2.24, 2.45) is 5.41 Å². The van der Waals surface area contributed by atoms with E-state index in [0.29, 0.717) is 18.6 Å². The molecule has 0 bridgehead atoms. The lowest BCUT2D eigenvalue weighted by Gasteiger charge is -2.26. The van der Waals surface area contributed by atoms with Gasteiger partial charge in [0.1, 0.15) is 11.6 Å². The lowest BCUT2D eigenvalue weighted by atomic mass is 9.82. The second-order valence-electron chi connectivity index (χ2n) is 4.81. The third kappa shape index (κ3) is 4.73. The quantitative estimate of drug-likeness (QED) is 0.771. The number of rotatable bonds is 8. The molecule has 2 N–H and O–H groups in total. The van der Waals surface area contributed by atoms with Gasteiger partial charge < -0.3 is 15.2 Å². The molecule has 0 aliphatic heterocycles. The first-order valence-electron chi connectivity index (χ1n) is 6.82. The van der Waals surface area contributed by atoms with Crippen LogP contribution in [-0.2, 0) is 9.59 Å². The Balaban J connectivity index is 2.46. The van der Waals surface area contributed by atoms with Gasteiger partial charge in [0.15, 0.2) is 6.61 Å². The maximum Gasteiger partial charge on any atom is 0.311 e. The zero-order valence-corrected chi connectivity index (χ0v) is 12.2. The molecule has 0 aliphatic rings. The van der Waals surface area contributed by atoms with Crippen molar-refractivity contribution in [3.63, 3.8) is 0 Å². The van der Waals surface area contributed by atoms with Crippen molar-refractivity contribution in [1.82, 2.24) is 5.32 Å². The number of carbonyl (C=O) groups excluding carboxylic acids is 1. The predicted molar refractivity (Wildman–Crippen MR) is 75.6 cm³/mol. The monoisotopic (exact) mass is 297 g/mol. The SMILES string of the molecule is CCC(CC)(CNC(=O)COc1ccc(F)cc1)C(=O)O. The van der Waals surface area contributed by atoms with Crippen molar-refractivity contribution in [2.75, 3.05) is 13.2 Å². The Morgan fingerprint density at radius 2 is 1.81 bits per heavy atom. The smallest absolute Gasteiger partial charge is 0.311 e. The standard InChI is InChI=1S/C15H20FNO4/c1-3-15(4-2,14(19)20)10-17-13(18)9-21-12-7-5-11(16)6-8-12/h5-8H,3-4,9-10H2,1-2H3,(H,17,18)(H,19,20). The minimum Gasteiger partial charge on any atom is -0.484 e. The zero-order chi connectivity index (χ0) is 15.9. The van der Waals surface area contributed by atoms with Gasteiger partial charge in [0.05, 0.1) is 5.41 Å². The minimum absolute atomic E-state index is 0.0565. The Hall–Kier alpha value is -2.11. The maximum absolute atomic E-state index is 12.7. The van der Waals surface area contributed by atoms with Crippen molar-refractivity contribution >= 4 is 11.9 Å². The molecule has 0 spiro atoms. The van der Waals surface area contributed by atoms with E-state index in [2.05, 4.69) is 5.32 Å². The summed E-state index contributed by atoms with van der Waals surface area (Å²) in [5, 5.41) is 11.8. The number of halogens is 1. The van der Waals surface area contributed by atoms with E-state index in [1.165, 1.54) is 24.3 Å². The van der Waals surface area contributed by atoms with Gasteiger partial charge in [-0.3, -0.25) is 9.59 Å². The van der Waals surface area contributed by atoms with E-state index in [4.69, 9.17) is 4.74 Å². The van der Waals surface area contributed by atoms with Crippen LogP contribution in [0.1, 0.15) is 26.7 Å². The fourth-order valence-electron chi connectivity index (χ4n) is 1.88. The number of amides is 1. The Morgan fingerprint density at radius 3 is 2.29 bits per heavy atom. The second-order valence-corrected chi connectivity index (χ2v) is 4.81. The highest BCUT2D eigenvalue weighted by Gasteiger charge is 2.35. The molecule has 1 aromatic carbocycles. The average Bonchev–Trinajstić information content (AvgIpc) is 2.48. The summed E-state index contributed by atoms with van der Waals surface area (Å²) in [5.41, 5.74) is -0.953. The van der Waals surface area contributed by atoms with Crippen LogP contribution in [0.25, 0.3) is 0 Å². The van der Waals surface area contributed by atoms with Crippen LogP contribution in [0.2, 0.25) is 0 Å². The predicted octanol–water partition coefficient (Wildman–Crippen LogP) is 2.21. The van der Waals surface area contributed by atoms with Crippen molar-refractivity contribution in [3.05, 3.63) is 30.1 Å². The third-order valence-electron chi connectivity index (χ3n) is 3.61. The number of hydrogen-bond acceptors (Lipinski definition) is 3. The van der Waals surface area contributed by atoms with Crippen molar-refractivity contribution < 1.29 is 23.8 Å². The first kappa shape index (κ1) is 16.9. The molecule has 21 heavy (non-hydrogen) atoms. The number of hydrogen-bond donors (Lipinski definition) is 2. The summed E-state index contributed by atoms with van der Waals surface area (Å²) in [6, 6.07) is 5.30. The van der Waals surface area contributed by atoms with Gasteiger partial charge in [0, 0.05) is 6.54 Å². The van der Waals surface area contributed by atoms with Crippen LogP contribution >= 0.6 is 0 Å². The fraction of sp³-hybridized carbons (Fsp3) is 0.467. The molecule has 0 saturated heterocycles. The first-order chi connectivity index (χ1) is 9.93. The number of aliphatic carboxylic acids is 1. The van der Waals surface area contributed by atoms with E-state index >= 15 is 0 Å². The van der Waals surface area contributed by atoms with Crippen molar-refractivity contribution in [2.45, 2.75) is 26.7 Å². The van der Waals surface area contributed by atoms with Crippen LogP contribution in [0.3, 0.4) is 0 Å². The fourth-order valence-corrected chi connectivity index (χ4v) is 1.88. The molecule has 1 aromatic rings. The summed E-state index contributed by atoms with van der Waals surface area (Å²) in [6.45, 7) is 3.37. The van der Waals surface area contributed by atoms with E-state index in [1.54, 1.807) is 13.8 Å². The molecule has 0 heterocycles. The topological polar surface area (TPSA) is 75.6 Å². The summed E-state index contributed by atoms with van der Waals surface area (Å²) < 4.78 is 17.9. The highest BCUT2D eigenvalue weighted by Crippen LogP contribution is 2.25. The molecule has 0 radical (unpaired) electrons. The van der Waals surface area contributed by atoms with Crippen molar-refractivity contribution in [3.8, 4) is 5.75 Å². The van der Waals surface area contributed by atoms with E-state index < -0.39 is 17.3 Å². The number of benzene rings is 1. The lowest BCUT2D eigenvalue weighted by Crippen LogP contribution is -2.43. The normalized spacial score (nSPS) is 11.0. The Labute approximate surface area is 123 Å². The van der Waals surface area contributed by atoms with Crippen LogP contribution in [0, 0.1) is 11.2 Å². The molecule has 1 amide bonds. The van der Waals surface area contributed by atoms with E-state index in [1.807, 2.05) is 0 Å². The molecule has 5 nitrogen and oxygen atoms in total. The summed E-state index contributed by atoms with van der Waals surface area (Å²) in [6.07, 6.45) is 0.857. The molecule has 0 fully saturated rings. The summed E-state index contributed by atoms with van der Waals surface area (Å²) in [4.78, 5) is 23.0. The number of carboxylic acids is 1. The molecule has 0 atom stereocenters. The summed E-state index contributed by atoms with van der Waals surface area (Å²) >= 11 is 0.